The molecule has 0 saturated heterocycles. The zero-order valence-electron chi connectivity index (χ0n) is 5.47. The van der Waals surface area contributed by atoms with Crippen LogP contribution in [0.1, 0.15) is 0 Å². The highest BCUT2D eigenvalue weighted by molar-refractivity contribution is 14.1. The Kier molecular flexibility index (Phi) is 2.09. The monoisotopic (exact) mass is 370 g/mol. The molecule has 0 bridgehead atoms. The number of furan rings is 1. The second-order valence-corrected chi connectivity index (χ2v) is 4.54. The van der Waals surface area contributed by atoms with E-state index in [4.69, 9.17) is 4.42 Å². The Bertz CT molecular complexity index is 392. The molecule has 1 heterocycles. The average Bonchev–Trinajstić information content (AvgIpc) is 2.27. The maximum atomic E-state index is 5.43. The lowest BCUT2D eigenvalue weighted by molar-refractivity contribution is 0.584. The van der Waals surface area contributed by atoms with Crippen LogP contribution in [-0.4, -0.2) is 0 Å². The maximum absolute atomic E-state index is 5.43. The highest BCUT2D eigenvalue weighted by Crippen LogP contribution is 2.22. The van der Waals surface area contributed by atoms with Crippen molar-refractivity contribution in [2.75, 3.05) is 0 Å². The first-order chi connectivity index (χ1) is 5.25. The Morgan fingerprint density at radius 1 is 1.09 bits per heavy atom. The van der Waals surface area contributed by atoms with Crippen LogP contribution in [0.25, 0.3) is 11.0 Å². The molecule has 0 fully saturated rings. The van der Waals surface area contributed by atoms with Crippen LogP contribution in [0.2, 0.25) is 0 Å². The van der Waals surface area contributed by atoms with Crippen LogP contribution in [0.15, 0.2) is 28.7 Å². The van der Waals surface area contributed by atoms with Gasteiger partial charge in [-0.2, -0.15) is 0 Å². The van der Waals surface area contributed by atoms with Crippen molar-refractivity contribution in [2.24, 2.45) is 0 Å². The molecule has 1 aromatic heterocycles. The Morgan fingerprint density at radius 2 is 1.91 bits per heavy atom. The fraction of sp³-hybridized carbons (Fsp3) is 0. The van der Waals surface area contributed by atoms with E-state index in [-0.39, 0.29) is 0 Å². The number of rotatable bonds is 0. The average molecular weight is 370 g/mol. The highest BCUT2D eigenvalue weighted by atomic mass is 127. The molecule has 0 atom stereocenters. The molecule has 0 amide bonds. The van der Waals surface area contributed by atoms with Crippen molar-refractivity contribution in [3.63, 3.8) is 0 Å². The molecule has 0 aliphatic rings. The van der Waals surface area contributed by atoms with Gasteiger partial charge >= 0.3 is 0 Å². The third-order valence-electron chi connectivity index (χ3n) is 1.45. The Labute approximate surface area is 91.4 Å². The molecule has 2 rings (SSSR count). The minimum Gasteiger partial charge on any atom is -0.450 e. The molecule has 0 unspecified atom stereocenters. The summed E-state index contributed by atoms with van der Waals surface area (Å²) in [6, 6.07) is 8.22. The van der Waals surface area contributed by atoms with Crippen LogP contribution >= 0.6 is 45.2 Å². The Hall–Kier alpha value is 0.220. The third-order valence-corrected chi connectivity index (χ3v) is 2.65. The zero-order chi connectivity index (χ0) is 7.84. The van der Waals surface area contributed by atoms with E-state index in [0.29, 0.717) is 0 Å². The summed E-state index contributed by atoms with van der Waals surface area (Å²) < 4.78 is 7.58. The zero-order valence-corrected chi connectivity index (χ0v) is 9.79. The normalized spacial score (nSPS) is 10.7. The molecule has 0 radical (unpaired) electrons. The van der Waals surface area contributed by atoms with E-state index in [9.17, 15) is 0 Å². The van der Waals surface area contributed by atoms with E-state index in [1.807, 2.05) is 12.1 Å². The van der Waals surface area contributed by atoms with Gasteiger partial charge in [-0.05, 0) is 63.4 Å². The van der Waals surface area contributed by atoms with Crippen molar-refractivity contribution in [3.05, 3.63) is 31.6 Å². The molecule has 0 saturated carbocycles. The van der Waals surface area contributed by atoms with Crippen LogP contribution in [0.5, 0.6) is 0 Å². The quantitative estimate of drug-likeness (QED) is 0.646. The second kappa shape index (κ2) is 2.93. The van der Waals surface area contributed by atoms with E-state index >= 15 is 0 Å². The first-order valence-electron chi connectivity index (χ1n) is 3.10. The number of hydrogen-bond acceptors (Lipinski definition) is 1. The Morgan fingerprint density at radius 3 is 2.73 bits per heavy atom. The largest absolute Gasteiger partial charge is 0.450 e. The summed E-state index contributed by atoms with van der Waals surface area (Å²) in [6.45, 7) is 0. The summed E-state index contributed by atoms with van der Waals surface area (Å²) in [7, 11) is 0. The van der Waals surface area contributed by atoms with E-state index in [2.05, 4.69) is 57.3 Å². The molecule has 0 spiro atoms. The molecule has 2 aromatic rings. The fourth-order valence-corrected chi connectivity index (χ4v) is 2.01. The lowest BCUT2D eigenvalue weighted by Crippen LogP contribution is -1.66. The smallest absolute Gasteiger partial charge is 0.165 e. The van der Waals surface area contributed by atoms with E-state index in [1.165, 1.54) is 8.96 Å². The topological polar surface area (TPSA) is 13.1 Å². The maximum Gasteiger partial charge on any atom is 0.165 e. The number of halogens is 2. The van der Waals surface area contributed by atoms with Gasteiger partial charge in [0, 0.05) is 8.96 Å². The van der Waals surface area contributed by atoms with Crippen LogP contribution < -0.4 is 0 Å². The van der Waals surface area contributed by atoms with Crippen molar-refractivity contribution < 1.29 is 4.42 Å². The molecule has 1 nitrogen and oxygen atoms in total. The first-order valence-corrected chi connectivity index (χ1v) is 5.26. The van der Waals surface area contributed by atoms with Gasteiger partial charge in [0.05, 0.1) is 0 Å². The van der Waals surface area contributed by atoms with Crippen molar-refractivity contribution in [1.82, 2.24) is 0 Å². The molecule has 3 heteroatoms. The highest BCUT2D eigenvalue weighted by Gasteiger charge is 1.99. The lowest BCUT2D eigenvalue weighted by Gasteiger charge is -1.87. The van der Waals surface area contributed by atoms with E-state index in [1.54, 1.807) is 0 Å². The summed E-state index contributed by atoms with van der Waals surface area (Å²) >= 11 is 4.45. The van der Waals surface area contributed by atoms with Crippen molar-refractivity contribution in [3.8, 4) is 0 Å². The third kappa shape index (κ3) is 1.53. The predicted molar refractivity (Wildman–Crippen MR) is 61.6 cm³/mol. The van der Waals surface area contributed by atoms with Crippen molar-refractivity contribution >= 4 is 56.2 Å². The fourth-order valence-electron chi connectivity index (χ4n) is 0.973. The van der Waals surface area contributed by atoms with Gasteiger partial charge in [0.25, 0.3) is 0 Å². The van der Waals surface area contributed by atoms with Gasteiger partial charge in [0.15, 0.2) is 3.77 Å². The van der Waals surface area contributed by atoms with Gasteiger partial charge < -0.3 is 4.42 Å². The predicted octanol–water partition coefficient (Wildman–Crippen LogP) is 3.64. The summed E-state index contributed by atoms with van der Waals surface area (Å²) in [4.78, 5) is 0. The van der Waals surface area contributed by atoms with Gasteiger partial charge in [-0.25, -0.2) is 0 Å². The van der Waals surface area contributed by atoms with Gasteiger partial charge in [-0.1, -0.05) is 6.07 Å². The van der Waals surface area contributed by atoms with Crippen LogP contribution in [0, 0.1) is 7.34 Å². The summed E-state index contributed by atoms with van der Waals surface area (Å²) in [6.07, 6.45) is 0. The Balaban J connectivity index is 2.82. The number of fused-ring (bicyclic) bond motifs is 1. The van der Waals surface area contributed by atoms with Gasteiger partial charge in [-0.3, -0.25) is 0 Å². The van der Waals surface area contributed by atoms with E-state index in [0.717, 1.165) is 9.35 Å². The van der Waals surface area contributed by atoms with Crippen molar-refractivity contribution in [1.29, 1.82) is 0 Å². The molecule has 1 aromatic carbocycles. The molecule has 11 heavy (non-hydrogen) atoms. The van der Waals surface area contributed by atoms with Crippen LogP contribution in [0.3, 0.4) is 0 Å². The van der Waals surface area contributed by atoms with E-state index < -0.39 is 0 Å². The summed E-state index contributed by atoms with van der Waals surface area (Å²) in [5.41, 5.74) is 0.973. The first kappa shape index (κ1) is 7.85. The molecule has 56 valence electrons. The van der Waals surface area contributed by atoms with Crippen LogP contribution in [-0.2, 0) is 0 Å². The minimum atomic E-state index is 0.944. The minimum absolute atomic E-state index is 0.944. The van der Waals surface area contributed by atoms with Gasteiger partial charge in [0.2, 0.25) is 0 Å². The lowest BCUT2D eigenvalue weighted by atomic mass is 10.3. The second-order valence-electron chi connectivity index (χ2n) is 2.23. The number of hydrogen-bond donors (Lipinski definition) is 0. The molecular weight excluding hydrogens is 366 g/mol. The molecular formula is C8H4I2O. The SMILES string of the molecule is Ic1ccc2cc(I)oc2c1. The summed E-state index contributed by atoms with van der Waals surface area (Å²) in [5.74, 6) is 0. The molecule has 0 aliphatic heterocycles. The van der Waals surface area contributed by atoms with Crippen molar-refractivity contribution in [2.45, 2.75) is 0 Å². The van der Waals surface area contributed by atoms with Gasteiger partial charge in [-0.15, -0.1) is 0 Å². The summed E-state index contributed by atoms with van der Waals surface area (Å²) in [5, 5.41) is 1.18. The molecule has 0 N–H and O–H groups in total. The molecule has 0 aliphatic carbocycles. The van der Waals surface area contributed by atoms with Gasteiger partial charge in [0.1, 0.15) is 5.58 Å². The standard InChI is InChI=1S/C8H4I2O/c9-6-2-1-5-3-8(10)11-7(5)4-6/h1-4H. The number of benzene rings is 1. The van der Waals surface area contributed by atoms with Crippen LogP contribution in [0.4, 0.5) is 0 Å².